The molecule has 0 bridgehead atoms. The Kier molecular flexibility index (Phi) is 5.45. The highest BCUT2D eigenvalue weighted by molar-refractivity contribution is 5.78. The van der Waals surface area contributed by atoms with Crippen LogP contribution in [0.3, 0.4) is 0 Å². The zero-order valence-corrected chi connectivity index (χ0v) is 8.37. The zero-order chi connectivity index (χ0) is 9.56. The van der Waals surface area contributed by atoms with E-state index in [1.165, 1.54) is 0 Å². The molecular weight excluding hydrogens is 154 g/mol. The summed E-state index contributed by atoms with van der Waals surface area (Å²) in [5.41, 5.74) is 5.68. The molecule has 4 nitrogen and oxygen atoms in total. The normalized spacial score (nSPS) is 14.5. The van der Waals surface area contributed by atoms with E-state index in [4.69, 9.17) is 10.5 Å². The van der Waals surface area contributed by atoms with Gasteiger partial charge < -0.3 is 15.4 Å². The van der Waals surface area contributed by atoms with Gasteiger partial charge in [-0.2, -0.15) is 0 Å². The van der Waals surface area contributed by atoms with E-state index in [2.05, 4.69) is 4.99 Å². The Morgan fingerprint density at radius 3 is 2.67 bits per heavy atom. The molecule has 0 radical (unpaired) electrons. The van der Waals surface area contributed by atoms with Gasteiger partial charge in [0.15, 0.2) is 5.96 Å². The van der Waals surface area contributed by atoms with Crippen LogP contribution in [0, 0.1) is 0 Å². The lowest BCUT2D eigenvalue weighted by molar-refractivity contribution is 0.145. The van der Waals surface area contributed by atoms with E-state index in [-0.39, 0.29) is 6.04 Å². The smallest absolute Gasteiger partial charge is 0.191 e. The maximum absolute atomic E-state index is 5.68. The van der Waals surface area contributed by atoms with E-state index in [1.54, 1.807) is 7.11 Å². The van der Waals surface area contributed by atoms with Crippen LogP contribution in [0.15, 0.2) is 4.99 Å². The van der Waals surface area contributed by atoms with Crippen LogP contribution in [-0.4, -0.2) is 44.2 Å². The Morgan fingerprint density at radius 2 is 2.25 bits per heavy atom. The van der Waals surface area contributed by atoms with Crippen LogP contribution in [0.5, 0.6) is 0 Å². The van der Waals surface area contributed by atoms with Gasteiger partial charge in [-0.25, -0.2) is 0 Å². The number of aliphatic imine (C=N–C) groups is 1. The third kappa shape index (κ3) is 3.57. The monoisotopic (exact) mass is 173 g/mol. The summed E-state index contributed by atoms with van der Waals surface area (Å²) in [6.07, 6.45) is 0. The second-order valence-corrected chi connectivity index (χ2v) is 2.75. The van der Waals surface area contributed by atoms with Crippen molar-refractivity contribution in [1.82, 2.24) is 4.90 Å². The van der Waals surface area contributed by atoms with Crippen LogP contribution >= 0.6 is 0 Å². The molecule has 1 unspecified atom stereocenters. The molecule has 0 saturated heterocycles. The lowest BCUT2D eigenvalue weighted by atomic mass is 10.3. The van der Waals surface area contributed by atoms with Crippen LogP contribution < -0.4 is 5.73 Å². The number of guanidine groups is 1. The van der Waals surface area contributed by atoms with E-state index in [0.717, 1.165) is 6.54 Å². The van der Waals surface area contributed by atoms with Crippen LogP contribution in [0.25, 0.3) is 0 Å². The molecule has 0 heterocycles. The van der Waals surface area contributed by atoms with Gasteiger partial charge in [-0.3, -0.25) is 4.99 Å². The molecule has 2 N–H and O–H groups in total. The van der Waals surface area contributed by atoms with Crippen LogP contribution in [0.4, 0.5) is 0 Å². The molecule has 0 aromatic rings. The largest absolute Gasteiger partial charge is 0.383 e. The van der Waals surface area contributed by atoms with Gasteiger partial charge in [0.05, 0.1) is 12.6 Å². The molecule has 0 aromatic carbocycles. The average Bonchev–Trinajstić information content (AvgIpc) is 2.04. The van der Waals surface area contributed by atoms with E-state index in [1.807, 2.05) is 25.8 Å². The quantitative estimate of drug-likeness (QED) is 0.491. The fourth-order valence-electron chi connectivity index (χ4n) is 0.852. The molecule has 0 amide bonds. The predicted molar refractivity (Wildman–Crippen MR) is 51.3 cm³/mol. The van der Waals surface area contributed by atoms with Crippen molar-refractivity contribution in [3.63, 3.8) is 0 Å². The molecule has 72 valence electrons. The average molecular weight is 173 g/mol. The van der Waals surface area contributed by atoms with Crippen LogP contribution in [-0.2, 0) is 4.74 Å². The van der Waals surface area contributed by atoms with E-state index in [0.29, 0.717) is 12.6 Å². The Balaban J connectivity index is 3.99. The Hall–Kier alpha value is -0.770. The minimum Gasteiger partial charge on any atom is -0.383 e. The highest BCUT2D eigenvalue weighted by Gasteiger charge is 2.09. The fraction of sp³-hybridized carbons (Fsp3) is 0.875. The van der Waals surface area contributed by atoms with Gasteiger partial charge in [-0.1, -0.05) is 0 Å². The zero-order valence-electron chi connectivity index (χ0n) is 8.37. The Bertz CT molecular complexity index is 147. The number of rotatable bonds is 4. The number of methoxy groups -OCH3 is 1. The molecule has 0 aromatic heterocycles. The van der Waals surface area contributed by atoms with Crippen molar-refractivity contribution in [2.45, 2.75) is 19.9 Å². The van der Waals surface area contributed by atoms with Crippen molar-refractivity contribution in [3.8, 4) is 0 Å². The predicted octanol–water partition coefficient (Wildman–Crippen LogP) is 0.288. The van der Waals surface area contributed by atoms with Crippen molar-refractivity contribution in [2.24, 2.45) is 10.7 Å². The first kappa shape index (κ1) is 11.2. The number of nitrogens with zero attached hydrogens (tertiary/aromatic N) is 2. The van der Waals surface area contributed by atoms with Gasteiger partial charge in [-0.05, 0) is 13.8 Å². The standard InChI is InChI=1S/C8H19N3O/c1-5-10-8(9)11(3)7(2)6-12-4/h7H,5-6H2,1-4H3,(H2,9,10). The first-order valence-corrected chi connectivity index (χ1v) is 4.15. The van der Waals surface area contributed by atoms with Crippen LogP contribution in [0.2, 0.25) is 0 Å². The Labute approximate surface area is 74.4 Å². The summed E-state index contributed by atoms with van der Waals surface area (Å²) in [6.45, 7) is 5.38. The second kappa shape index (κ2) is 5.83. The number of nitrogens with two attached hydrogens (primary N) is 1. The van der Waals surface area contributed by atoms with Crippen LogP contribution in [0.1, 0.15) is 13.8 Å². The van der Waals surface area contributed by atoms with Crippen molar-refractivity contribution in [1.29, 1.82) is 0 Å². The lowest BCUT2D eigenvalue weighted by Gasteiger charge is -2.24. The highest BCUT2D eigenvalue weighted by Crippen LogP contribution is 1.94. The molecule has 0 aliphatic carbocycles. The Morgan fingerprint density at radius 1 is 1.67 bits per heavy atom. The van der Waals surface area contributed by atoms with Gasteiger partial charge in [0.25, 0.3) is 0 Å². The molecule has 0 fully saturated rings. The number of hydrogen-bond donors (Lipinski definition) is 1. The van der Waals surface area contributed by atoms with Gasteiger partial charge in [0, 0.05) is 20.7 Å². The maximum atomic E-state index is 5.68. The van der Waals surface area contributed by atoms with Gasteiger partial charge in [0.1, 0.15) is 0 Å². The summed E-state index contributed by atoms with van der Waals surface area (Å²) in [7, 11) is 3.59. The van der Waals surface area contributed by atoms with Crippen molar-refractivity contribution in [2.75, 3.05) is 27.3 Å². The number of hydrogen-bond acceptors (Lipinski definition) is 2. The van der Waals surface area contributed by atoms with Crippen molar-refractivity contribution >= 4 is 5.96 Å². The molecule has 1 atom stereocenters. The molecule has 0 aliphatic rings. The highest BCUT2D eigenvalue weighted by atomic mass is 16.5. The summed E-state index contributed by atoms with van der Waals surface area (Å²) in [4.78, 5) is 6.00. The molecule has 0 rings (SSSR count). The molecule has 0 aliphatic heterocycles. The second-order valence-electron chi connectivity index (χ2n) is 2.75. The van der Waals surface area contributed by atoms with Crippen molar-refractivity contribution < 1.29 is 4.74 Å². The molecule has 0 spiro atoms. The number of ether oxygens (including phenoxy) is 1. The summed E-state index contributed by atoms with van der Waals surface area (Å²) >= 11 is 0. The lowest BCUT2D eigenvalue weighted by Crippen LogP contribution is -2.42. The summed E-state index contributed by atoms with van der Waals surface area (Å²) < 4.78 is 5.00. The van der Waals surface area contributed by atoms with Gasteiger partial charge in [0.2, 0.25) is 0 Å². The van der Waals surface area contributed by atoms with Gasteiger partial charge in [-0.15, -0.1) is 0 Å². The molecule has 12 heavy (non-hydrogen) atoms. The fourth-order valence-corrected chi connectivity index (χ4v) is 0.852. The minimum absolute atomic E-state index is 0.269. The topological polar surface area (TPSA) is 50.8 Å². The van der Waals surface area contributed by atoms with E-state index >= 15 is 0 Å². The third-order valence-electron chi connectivity index (χ3n) is 1.75. The first-order chi connectivity index (χ1) is 5.63. The van der Waals surface area contributed by atoms with Gasteiger partial charge >= 0.3 is 0 Å². The minimum atomic E-state index is 0.269. The van der Waals surface area contributed by atoms with E-state index in [9.17, 15) is 0 Å². The summed E-state index contributed by atoms with van der Waals surface area (Å²) in [5.74, 6) is 0.571. The molecular formula is C8H19N3O. The van der Waals surface area contributed by atoms with E-state index < -0.39 is 0 Å². The summed E-state index contributed by atoms with van der Waals surface area (Å²) in [5, 5.41) is 0. The molecule has 4 heteroatoms. The third-order valence-corrected chi connectivity index (χ3v) is 1.75. The molecule has 0 saturated carbocycles. The first-order valence-electron chi connectivity index (χ1n) is 4.15. The maximum Gasteiger partial charge on any atom is 0.191 e. The van der Waals surface area contributed by atoms with Crippen molar-refractivity contribution in [3.05, 3.63) is 0 Å². The number of likely N-dealkylation sites (N-methyl/N-ethyl adjacent to an activating group) is 1. The SMILES string of the molecule is CCN=C(N)N(C)C(C)COC. The summed E-state index contributed by atoms with van der Waals surface area (Å²) in [6, 6.07) is 0.269.